The van der Waals surface area contributed by atoms with Gasteiger partial charge in [0.25, 0.3) is 0 Å². The third kappa shape index (κ3) is 1.96. The molecule has 0 aromatic heterocycles. The van der Waals surface area contributed by atoms with Gasteiger partial charge in [0, 0.05) is 0 Å². The summed E-state index contributed by atoms with van der Waals surface area (Å²) in [6.07, 6.45) is 1.38. The molecule has 0 spiro atoms. The number of ether oxygens (including phenoxy) is 2. The lowest BCUT2D eigenvalue weighted by molar-refractivity contribution is -0.144. The van der Waals surface area contributed by atoms with Gasteiger partial charge in [-0.05, 0) is 25.0 Å². The number of rotatable bonds is 5. The summed E-state index contributed by atoms with van der Waals surface area (Å²) in [5.74, 6) is 0.448. The maximum absolute atomic E-state index is 10.9. The first-order valence-electron chi connectivity index (χ1n) is 5.17. The van der Waals surface area contributed by atoms with Crippen LogP contribution in [-0.4, -0.2) is 24.8 Å². The summed E-state index contributed by atoms with van der Waals surface area (Å²) in [6, 6.07) is 7.24. The van der Waals surface area contributed by atoms with E-state index < -0.39 is 11.4 Å². The first-order chi connectivity index (χ1) is 7.68. The number of benzene rings is 1. The van der Waals surface area contributed by atoms with Crippen molar-refractivity contribution in [1.29, 1.82) is 0 Å². The Bertz CT molecular complexity index is 396. The van der Waals surface area contributed by atoms with Gasteiger partial charge in [-0.2, -0.15) is 0 Å². The van der Waals surface area contributed by atoms with E-state index in [2.05, 4.69) is 0 Å². The number of hydrogen-bond acceptors (Lipinski definition) is 3. The third-order valence-corrected chi connectivity index (χ3v) is 2.88. The van der Waals surface area contributed by atoms with E-state index in [0.29, 0.717) is 24.3 Å². The number of carbonyl (C=O) groups is 1. The van der Waals surface area contributed by atoms with Gasteiger partial charge in [-0.15, -0.1) is 0 Å². The number of carboxylic acids is 1. The van der Waals surface area contributed by atoms with Crippen molar-refractivity contribution < 1.29 is 19.4 Å². The largest absolute Gasteiger partial charge is 0.493 e. The molecule has 0 radical (unpaired) electrons. The average molecular weight is 222 g/mol. The molecular formula is C12H14O4. The van der Waals surface area contributed by atoms with Gasteiger partial charge in [0.05, 0.1) is 7.11 Å². The van der Waals surface area contributed by atoms with Gasteiger partial charge in [-0.25, -0.2) is 0 Å². The van der Waals surface area contributed by atoms with Crippen molar-refractivity contribution in [3.63, 3.8) is 0 Å². The molecule has 1 aliphatic carbocycles. The maximum atomic E-state index is 10.9. The van der Waals surface area contributed by atoms with E-state index in [4.69, 9.17) is 14.6 Å². The van der Waals surface area contributed by atoms with Gasteiger partial charge >= 0.3 is 5.97 Å². The standard InChI is InChI=1S/C12H14O4/c1-15-9-4-2-3-5-10(9)16-8-12(6-7-12)11(13)14/h2-5H,6-8H2,1H3,(H,13,14). The lowest BCUT2D eigenvalue weighted by Gasteiger charge is -2.13. The molecule has 1 N–H and O–H groups in total. The van der Waals surface area contributed by atoms with Gasteiger partial charge in [0.1, 0.15) is 12.0 Å². The molecule has 0 atom stereocenters. The summed E-state index contributed by atoms with van der Waals surface area (Å²) in [7, 11) is 1.56. The Morgan fingerprint density at radius 1 is 1.38 bits per heavy atom. The molecule has 1 aromatic rings. The van der Waals surface area contributed by atoms with Crippen LogP contribution in [0.2, 0.25) is 0 Å². The van der Waals surface area contributed by atoms with Crippen molar-refractivity contribution in [2.75, 3.05) is 13.7 Å². The van der Waals surface area contributed by atoms with E-state index >= 15 is 0 Å². The monoisotopic (exact) mass is 222 g/mol. The molecule has 4 nitrogen and oxygen atoms in total. The second-order valence-corrected chi connectivity index (χ2v) is 4.03. The van der Waals surface area contributed by atoms with Crippen LogP contribution in [0.3, 0.4) is 0 Å². The first kappa shape index (κ1) is 10.8. The number of aliphatic carboxylic acids is 1. The summed E-state index contributed by atoms with van der Waals surface area (Å²) in [5.41, 5.74) is -0.666. The molecule has 1 aliphatic rings. The Kier molecular flexibility index (Phi) is 2.73. The first-order valence-corrected chi connectivity index (χ1v) is 5.17. The summed E-state index contributed by atoms with van der Waals surface area (Å²) < 4.78 is 10.6. The Balaban J connectivity index is 2.02. The van der Waals surface area contributed by atoms with Gasteiger partial charge in [-0.3, -0.25) is 4.79 Å². The van der Waals surface area contributed by atoms with Crippen LogP contribution >= 0.6 is 0 Å². The molecule has 86 valence electrons. The zero-order chi connectivity index (χ0) is 11.6. The quantitative estimate of drug-likeness (QED) is 0.827. The Labute approximate surface area is 93.8 Å². The average Bonchev–Trinajstić information content (AvgIpc) is 3.08. The topological polar surface area (TPSA) is 55.8 Å². The van der Waals surface area contributed by atoms with Crippen LogP contribution in [0.15, 0.2) is 24.3 Å². The molecule has 1 fully saturated rings. The van der Waals surface area contributed by atoms with Crippen molar-refractivity contribution >= 4 is 5.97 Å². The molecule has 0 aliphatic heterocycles. The van der Waals surface area contributed by atoms with Gasteiger partial charge < -0.3 is 14.6 Å². The van der Waals surface area contributed by atoms with Crippen molar-refractivity contribution in [2.24, 2.45) is 5.41 Å². The lowest BCUT2D eigenvalue weighted by atomic mass is 10.1. The predicted octanol–water partition coefficient (Wildman–Crippen LogP) is 1.94. The highest BCUT2D eigenvalue weighted by molar-refractivity contribution is 5.78. The SMILES string of the molecule is COc1ccccc1OCC1(C(=O)O)CC1. The second-order valence-electron chi connectivity index (χ2n) is 4.03. The van der Waals surface area contributed by atoms with Gasteiger partial charge in [0.2, 0.25) is 0 Å². The number of hydrogen-bond donors (Lipinski definition) is 1. The fraction of sp³-hybridized carbons (Fsp3) is 0.417. The summed E-state index contributed by atoms with van der Waals surface area (Å²) in [5, 5.41) is 9.00. The molecule has 0 saturated heterocycles. The summed E-state index contributed by atoms with van der Waals surface area (Å²) in [4.78, 5) is 10.9. The Morgan fingerprint density at radius 2 is 2.00 bits per heavy atom. The van der Waals surface area contributed by atoms with Crippen molar-refractivity contribution in [1.82, 2.24) is 0 Å². The fourth-order valence-corrected chi connectivity index (χ4v) is 1.52. The minimum atomic E-state index is -0.776. The van der Waals surface area contributed by atoms with Crippen molar-refractivity contribution in [3.05, 3.63) is 24.3 Å². The highest BCUT2D eigenvalue weighted by atomic mass is 16.5. The van der Waals surface area contributed by atoms with Crippen LogP contribution in [0.25, 0.3) is 0 Å². The van der Waals surface area contributed by atoms with Crippen LogP contribution < -0.4 is 9.47 Å². The molecule has 0 unspecified atom stereocenters. The molecule has 16 heavy (non-hydrogen) atoms. The maximum Gasteiger partial charge on any atom is 0.313 e. The fourth-order valence-electron chi connectivity index (χ4n) is 1.52. The van der Waals surface area contributed by atoms with Crippen LogP contribution in [-0.2, 0) is 4.79 Å². The molecule has 0 bridgehead atoms. The minimum absolute atomic E-state index is 0.211. The minimum Gasteiger partial charge on any atom is -0.493 e. The zero-order valence-electron chi connectivity index (χ0n) is 9.10. The summed E-state index contributed by atoms with van der Waals surface area (Å²) in [6.45, 7) is 0.211. The molecule has 1 aromatic carbocycles. The molecule has 4 heteroatoms. The van der Waals surface area contributed by atoms with Crippen LogP contribution in [0, 0.1) is 5.41 Å². The van der Waals surface area contributed by atoms with Crippen molar-refractivity contribution in [2.45, 2.75) is 12.8 Å². The van der Waals surface area contributed by atoms with E-state index in [9.17, 15) is 4.79 Å². The Hall–Kier alpha value is -1.71. The van der Waals surface area contributed by atoms with Crippen LogP contribution in [0.1, 0.15) is 12.8 Å². The molecular weight excluding hydrogens is 208 g/mol. The molecule has 0 amide bonds. The number of carboxylic acid groups (broad SMARTS) is 1. The van der Waals surface area contributed by atoms with Gasteiger partial charge in [-0.1, -0.05) is 12.1 Å². The van der Waals surface area contributed by atoms with E-state index in [0.717, 1.165) is 0 Å². The second kappa shape index (κ2) is 4.04. The third-order valence-electron chi connectivity index (χ3n) is 2.88. The van der Waals surface area contributed by atoms with E-state index in [1.807, 2.05) is 12.1 Å². The van der Waals surface area contributed by atoms with Gasteiger partial charge in [0.15, 0.2) is 11.5 Å². The van der Waals surface area contributed by atoms with Crippen LogP contribution in [0.5, 0.6) is 11.5 Å². The number of para-hydroxylation sites is 2. The van der Waals surface area contributed by atoms with Crippen molar-refractivity contribution in [3.8, 4) is 11.5 Å². The molecule has 2 rings (SSSR count). The summed E-state index contributed by atoms with van der Waals surface area (Å²) >= 11 is 0. The van der Waals surface area contributed by atoms with E-state index in [-0.39, 0.29) is 6.61 Å². The molecule has 1 saturated carbocycles. The smallest absolute Gasteiger partial charge is 0.313 e. The van der Waals surface area contributed by atoms with E-state index in [1.165, 1.54) is 0 Å². The normalized spacial score (nSPS) is 16.6. The zero-order valence-corrected chi connectivity index (χ0v) is 9.10. The highest BCUT2D eigenvalue weighted by Gasteiger charge is 2.51. The predicted molar refractivity (Wildman–Crippen MR) is 57.8 cm³/mol. The Morgan fingerprint density at radius 3 is 2.50 bits per heavy atom. The lowest BCUT2D eigenvalue weighted by Crippen LogP contribution is -2.22. The highest BCUT2D eigenvalue weighted by Crippen LogP contribution is 2.46. The van der Waals surface area contributed by atoms with E-state index in [1.54, 1.807) is 19.2 Å². The molecule has 0 heterocycles. The number of methoxy groups -OCH3 is 1. The van der Waals surface area contributed by atoms with Crippen LogP contribution in [0.4, 0.5) is 0 Å².